The second-order valence-corrected chi connectivity index (χ2v) is 13.0. The number of rotatable bonds is 6. The Morgan fingerprint density at radius 1 is 1.22 bits per heavy atom. The molecule has 1 saturated carbocycles. The van der Waals surface area contributed by atoms with Gasteiger partial charge in [-0.15, -0.1) is 0 Å². The fourth-order valence-corrected chi connectivity index (χ4v) is 8.57. The van der Waals surface area contributed by atoms with Gasteiger partial charge in [0.1, 0.15) is 5.82 Å². The van der Waals surface area contributed by atoms with Crippen LogP contribution in [0.4, 0.5) is 4.39 Å². The Morgan fingerprint density at radius 3 is 2.88 bits per heavy atom. The highest BCUT2D eigenvalue weighted by Gasteiger charge is 2.50. The SMILES string of the molecule is C=CC(=O)N1CCN(C2NC(OC[C@H]3CCCN3C)NC3C[C@]4(CCCc5ccc(F)cc54)CCC32)C[C@H]1CC#N. The molecule has 1 aromatic carbocycles. The van der Waals surface area contributed by atoms with Crippen molar-refractivity contribution in [3.05, 3.63) is 47.8 Å². The van der Waals surface area contributed by atoms with E-state index in [1.165, 1.54) is 23.6 Å². The first-order valence-electron chi connectivity index (χ1n) is 15.6. The number of amides is 1. The zero-order chi connectivity index (χ0) is 28.6. The number of hydrogen-bond acceptors (Lipinski definition) is 7. The van der Waals surface area contributed by atoms with Crippen LogP contribution in [0.1, 0.15) is 62.5 Å². The van der Waals surface area contributed by atoms with Gasteiger partial charge in [-0.2, -0.15) is 5.26 Å². The van der Waals surface area contributed by atoms with E-state index in [4.69, 9.17) is 4.74 Å². The lowest BCUT2D eigenvalue weighted by atomic mass is 9.58. The summed E-state index contributed by atoms with van der Waals surface area (Å²) in [6.07, 6.45) is 10.1. The van der Waals surface area contributed by atoms with Gasteiger partial charge in [0.15, 0.2) is 6.35 Å². The lowest BCUT2D eigenvalue weighted by Gasteiger charge is -2.56. The van der Waals surface area contributed by atoms with Gasteiger partial charge < -0.3 is 14.5 Å². The Kier molecular flexibility index (Phi) is 8.49. The van der Waals surface area contributed by atoms with Crippen molar-refractivity contribution >= 4 is 5.91 Å². The Morgan fingerprint density at radius 2 is 2.10 bits per heavy atom. The molecular formula is C32H45FN6O2. The minimum atomic E-state index is -0.289. The van der Waals surface area contributed by atoms with Crippen LogP contribution in [0.5, 0.6) is 0 Å². The predicted octanol–water partition coefficient (Wildman–Crippen LogP) is 3.09. The van der Waals surface area contributed by atoms with Crippen LogP contribution in [0.3, 0.4) is 0 Å². The summed E-state index contributed by atoms with van der Waals surface area (Å²) in [5.74, 6) is 0.101. The van der Waals surface area contributed by atoms with Gasteiger partial charge in [0.2, 0.25) is 5.91 Å². The first-order valence-corrected chi connectivity index (χ1v) is 15.6. The van der Waals surface area contributed by atoms with Crippen molar-refractivity contribution in [2.75, 3.05) is 39.8 Å². The number of nitrogens with one attached hydrogen (secondary N) is 2. The lowest BCUT2D eigenvalue weighted by Crippen LogP contribution is -2.72. The van der Waals surface area contributed by atoms with Crippen molar-refractivity contribution in [1.29, 1.82) is 5.26 Å². The number of likely N-dealkylation sites (tertiary alicyclic amines) is 1. The summed E-state index contributed by atoms with van der Waals surface area (Å²) in [4.78, 5) is 19.2. The highest BCUT2D eigenvalue weighted by molar-refractivity contribution is 5.87. The quantitative estimate of drug-likeness (QED) is 0.514. The molecule has 0 bridgehead atoms. The number of ether oxygens (including phenoxy) is 1. The van der Waals surface area contributed by atoms with Gasteiger partial charge in [0, 0.05) is 37.6 Å². The maximum atomic E-state index is 14.5. The molecule has 41 heavy (non-hydrogen) atoms. The molecule has 5 aliphatic rings. The van der Waals surface area contributed by atoms with Crippen molar-refractivity contribution in [3.8, 4) is 6.07 Å². The number of benzene rings is 1. The number of nitrogens with zero attached hydrogens (tertiary/aromatic N) is 4. The van der Waals surface area contributed by atoms with Crippen LogP contribution in [0, 0.1) is 23.1 Å². The second-order valence-electron chi connectivity index (χ2n) is 13.0. The molecule has 3 aliphatic heterocycles. The van der Waals surface area contributed by atoms with Gasteiger partial charge in [-0.3, -0.25) is 20.3 Å². The molecule has 3 heterocycles. The monoisotopic (exact) mass is 564 g/mol. The van der Waals surface area contributed by atoms with E-state index in [2.05, 4.69) is 40.1 Å². The van der Waals surface area contributed by atoms with Crippen molar-refractivity contribution in [2.24, 2.45) is 5.92 Å². The van der Waals surface area contributed by atoms with Crippen LogP contribution in [0.2, 0.25) is 0 Å². The zero-order valence-corrected chi connectivity index (χ0v) is 24.4. The summed E-state index contributed by atoms with van der Waals surface area (Å²) >= 11 is 0. The molecule has 4 fully saturated rings. The normalized spacial score (nSPS) is 36.0. The molecule has 8 nitrogen and oxygen atoms in total. The Bertz CT molecular complexity index is 1170. The van der Waals surface area contributed by atoms with Gasteiger partial charge in [-0.1, -0.05) is 12.6 Å². The van der Waals surface area contributed by atoms with Gasteiger partial charge >= 0.3 is 0 Å². The summed E-state index contributed by atoms with van der Waals surface area (Å²) in [7, 11) is 2.17. The highest BCUT2D eigenvalue weighted by atomic mass is 19.1. The van der Waals surface area contributed by atoms with E-state index in [0.29, 0.717) is 38.1 Å². The van der Waals surface area contributed by atoms with Crippen LogP contribution in [-0.4, -0.2) is 91.1 Å². The van der Waals surface area contributed by atoms with Crippen molar-refractivity contribution < 1.29 is 13.9 Å². The maximum absolute atomic E-state index is 14.5. The van der Waals surface area contributed by atoms with E-state index in [9.17, 15) is 14.4 Å². The molecule has 1 amide bonds. The molecule has 222 valence electrons. The third-order valence-electron chi connectivity index (χ3n) is 10.7. The Hall–Kier alpha value is -2.35. The van der Waals surface area contributed by atoms with Crippen LogP contribution >= 0.6 is 0 Å². The number of nitriles is 1. The number of aryl methyl sites for hydroxylation is 1. The molecule has 1 aromatic rings. The highest BCUT2D eigenvalue weighted by Crippen LogP contribution is 2.50. The van der Waals surface area contributed by atoms with Gasteiger partial charge in [-0.05, 0) is 99.7 Å². The minimum Gasteiger partial charge on any atom is -0.348 e. The van der Waals surface area contributed by atoms with E-state index in [-0.39, 0.29) is 41.7 Å². The number of hydrogen-bond donors (Lipinski definition) is 2. The second kappa shape index (κ2) is 12.1. The molecule has 6 rings (SSSR count). The fraction of sp³-hybridized carbons (Fsp3) is 0.688. The maximum Gasteiger partial charge on any atom is 0.246 e. The standard InChI is InChI=1S/C32H45FN6O2/c1-3-29(40)39-17-16-38(20-24(39)11-14-34)30-26-10-13-32(12-4-6-22-8-9-23(33)18-27(22)32)19-28(26)35-31(36-30)41-21-25-7-5-15-37(25)2/h3,8-9,18,24-26,28,30-31,35-36H,1,4-7,10-13,15-17,19-21H2,2H3/t24-,25-,26?,28?,30?,31?,32+/m1/s1. The molecular weight excluding hydrogens is 519 g/mol. The summed E-state index contributed by atoms with van der Waals surface area (Å²) in [5, 5.41) is 17.2. The van der Waals surface area contributed by atoms with Gasteiger partial charge in [0.25, 0.3) is 0 Å². The topological polar surface area (TPSA) is 83.9 Å². The van der Waals surface area contributed by atoms with Gasteiger partial charge in [-0.25, -0.2) is 4.39 Å². The predicted molar refractivity (Wildman–Crippen MR) is 155 cm³/mol. The summed E-state index contributed by atoms with van der Waals surface area (Å²) < 4.78 is 21.1. The average Bonchev–Trinajstić information content (AvgIpc) is 3.40. The summed E-state index contributed by atoms with van der Waals surface area (Å²) in [5.41, 5.74) is 2.51. The van der Waals surface area contributed by atoms with Gasteiger partial charge in [0.05, 0.1) is 31.3 Å². The Balaban J connectivity index is 1.25. The van der Waals surface area contributed by atoms with Crippen LogP contribution in [0.25, 0.3) is 0 Å². The summed E-state index contributed by atoms with van der Waals surface area (Å²) in [6.45, 7) is 7.41. The molecule has 0 radical (unpaired) electrons. The molecule has 0 aromatic heterocycles. The van der Waals surface area contributed by atoms with Crippen LogP contribution in [0.15, 0.2) is 30.9 Å². The third-order valence-corrected chi connectivity index (χ3v) is 10.7. The lowest BCUT2D eigenvalue weighted by molar-refractivity contribution is -0.136. The number of halogens is 1. The minimum absolute atomic E-state index is 0.0135. The average molecular weight is 565 g/mol. The van der Waals surface area contributed by atoms with E-state index in [0.717, 1.165) is 58.0 Å². The van der Waals surface area contributed by atoms with Crippen LogP contribution in [-0.2, 0) is 21.4 Å². The van der Waals surface area contributed by atoms with Crippen molar-refractivity contribution in [2.45, 2.75) is 93.8 Å². The largest absolute Gasteiger partial charge is 0.348 e. The fourth-order valence-electron chi connectivity index (χ4n) is 8.57. The number of carbonyl (C=O) groups excluding carboxylic acids is 1. The van der Waals surface area contributed by atoms with E-state index in [1.807, 2.05) is 6.07 Å². The third kappa shape index (κ3) is 5.70. The molecule has 2 aliphatic carbocycles. The molecule has 4 unspecified atom stereocenters. The molecule has 7 atom stereocenters. The van der Waals surface area contributed by atoms with Crippen LogP contribution < -0.4 is 10.6 Å². The number of carbonyl (C=O) groups is 1. The summed E-state index contributed by atoms with van der Waals surface area (Å²) in [6, 6.07) is 8.19. The van der Waals surface area contributed by atoms with E-state index in [1.54, 1.807) is 17.0 Å². The van der Waals surface area contributed by atoms with Crippen molar-refractivity contribution in [1.82, 2.24) is 25.3 Å². The van der Waals surface area contributed by atoms with E-state index < -0.39 is 0 Å². The Labute approximate surface area is 243 Å². The van der Waals surface area contributed by atoms with E-state index >= 15 is 0 Å². The smallest absolute Gasteiger partial charge is 0.246 e. The van der Waals surface area contributed by atoms with Crippen molar-refractivity contribution in [3.63, 3.8) is 0 Å². The molecule has 9 heteroatoms. The first-order chi connectivity index (χ1) is 19.9. The number of piperazine rings is 1. The number of fused-ring (bicyclic) bond motifs is 3. The molecule has 1 spiro atoms. The molecule has 2 N–H and O–H groups in total. The zero-order valence-electron chi connectivity index (χ0n) is 24.4. The number of likely N-dealkylation sites (N-methyl/N-ethyl adjacent to an activating group) is 1. The molecule has 3 saturated heterocycles. The first kappa shape index (κ1) is 28.8.